The summed E-state index contributed by atoms with van der Waals surface area (Å²) in [5, 5.41) is 2.00. The fourth-order valence-electron chi connectivity index (χ4n) is 6.17. The van der Waals surface area contributed by atoms with Crippen LogP contribution < -0.4 is 35.2 Å². The number of nitrogens with zero attached hydrogens (tertiary/aromatic N) is 1. The van der Waals surface area contributed by atoms with Crippen molar-refractivity contribution in [1.29, 1.82) is 0 Å². The maximum absolute atomic E-state index is 6.79. The summed E-state index contributed by atoms with van der Waals surface area (Å²) in [6.45, 7) is 2.08. The summed E-state index contributed by atoms with van der Waals surface area (Å²) in [4.78, 5) is 0. The van der Waals surface area contributed by atoms with E-state index in [0.29, 0.717) is 0 Å². The van der Waals surface area contributed by atoms with Gasteiger partial charge in [-0.05, 0) is 48.2 Å². The predicted molar refractivity (Wildman–Crippen MR) is 149 cm³/mol. The van der Waals surface area contributed by atoms with Gasteiger partial charge in [0.15, 0.2) is 17.5 Å². The molecule has 0 radical (unpaired) electrons. The van der Waals surface area contributed by atoms with Crippen molar-refractivity contribution < 1.29 is 23.2 Å². The first-order valence-corrected chi connectivity index (χ1v) is 12.7. The van der Waals surface area contributed by atoms with E-state index in [0.717, 1.165) is 83.9 Å². The molecular weight excluding hydrogens is 473 g/mol. The van der Waals surface area contributed by atoms with Crippen LogP contribution in [-0.4, -0.2) is 13.8 Å². The van der Waals surface area contributed by atoms with Crippen LogP contribution in [0.4, 0.5) is 0 Å². The standard InChI is InChI=1S/C32H23BNO4/c1-18-27(35-3)17-20-19-14-15-22-32(31(19)38-30(20)28(18)23-10-6-7-16-34(23)2)37-26-13-8-12-25-29(26)33(22)21-9-4-5-11-24(21)36-25/h4-17H,1-3H3/q+1. The van der Waals surface area contributed by atoms with Crippen molar-refractivity contribution in [2.45, 2.75) is 6.92 Å². The molecule has 0 N–H and O–H groups in total. The van der Waals surface area contributed by atoms with Gasteiger partial charge in [-0.15, -0.1) is 0 Å². The highest BCUT2D eigenvalue weighted by Crippen LogP contribution is 2.45. The minimum Gasteiger partial charge on any atom is -0.496 e. The third-order valence-corrected chi connectivity index (χ3v) is 7.95. The molecule has 5 nitrogen and oxygen atoms in total. The molecule has 8 rings (SSSR count). The molecular formula is C32H23BNO4+. The number of aromatic nitrogens is 1. The van der Waals surface area contributed by atoms with Crippen LogP contribution in [0.3, 0.4) is 0 Å². The first-order chi connectivity index (χ1) is 18.6. The lowest BCUT2D eigenvalue weighted by atomic mass is 9.35. The number of rotatable bonds is 2. The average Bonchev–Trinajstić information content (AvgIpc) is 3.32. The Morgan fingerprint density at radius 1 is 0.763 bits per heavy atom. The molecule has 0 amide bonds. The molecule has 4 aromatic carbocycles. The Morgan fingerprint density at radius 3 is 2.39 bits per heavy atom. The van der Waals surface area contributed by atoms with E-state index in [1.807, 2.05) is 55.7 Å². The van der Waals surface area contributed by atoms with E-state index in [-0.39, 0.29) is 6.71 Å². The second kappa shape index (κ2) is 7.65. The quantitative estimate of drug-likeness (QED) is 0.246. The summed E-state index contributed by atoms with van der Waals surface area (Å²) in [5.41, 5.74) is 7.92. The number of methoxy groups -OCH3 is 1. The van der Waals surface area contributed by atoms with Gasteiger partial charge >= 0.3 is 0 Å². The number of fused-ring (bicyclic) bond motifs is 8. The van der Waals surface area contributed by atoms with Gasteiger partial charge < -0.3 is 18.6 Å². The number of hydrogen-bond donors (Lipinski definition) is 0. The number of aryl methyl sites for hydroxylation is 1. The van der Waals surface area contributed by atoms with Crippen molar-refractivity contribution in [3.8, 4) is 40.0 Å². The van der Waals surface area contributed by atoms with Gasteiger partial charge in [0.1, 0.15) is 35.6 Å². The largest absolute Gasteiger partial charge is 0.496 e. The maximum Gasteiger partial charge on any atom is 0.260 e. The second-order valence-electron chi connectivity index (χ2n) is 9.96. The van der Waals surface area contributed by atoms with Gasteiger partial charge in [-0.1, -0.05) is 36.4 Å². The fourth-order valence-corrected chi connectivity index (χ4v) is 6.17. The van der Waals surface area contributed by atoms with Crippen LogP contribution in [0.5, 0.6) is 28.7 Å². The number of para-hydroxylation sites is 1. The lowest BCUT2D eigenvalue weighted by molar-refractivity contribution is -0.660. The molecule has 0 unspecified atom stereocenters. The Bertz CT molecular complexity index is 1960. The third kappa shape index (κ3) is 2.74. The summed E-state index contributed by atoms with van der Waals surface area (Å²) in [6, 6.07) is 26.8. The van der Waals surface area contributed by atoms with Crippen LogP contribution in [0.2, 0.25) is 0 Å². The van der Waals surface area contributed by atoms with Crippen molar-refractivity contribution in [3.63, 3.8) is 0 Å². The SMILES string of the molecule is COc1cc2c(oc3c4c(ccc32)B2c3ccccc3Oc3cccc(c32)O4)c(-c2cccc[n+]2C)c1C. The van der Waals surface area contributed by atoms with Crippen LogP contribution in [-0.2, 0) is 7.05 Å². The topological polar surface area (TPSA) is 44.7 Å². The number of benzene rings is 4. The van der Waals surface area contributed by atoms with E-state index in [1.54, 1.807) is 7.11 Å². The van der Waals surface area contributed by atoms with Gasteiger partial charge in [0.25, 0.3) is 6.71 Å². The van der Waals surface area contributed by atoms with Crippen molar-refractivity contribution in [3.05, 3.63) is 90.6 Å². The molecule has 0 aliphatic carbocycles. The summed E-state index contributed by atoms with van der Waals surface area (Å²) in [5.74, 6) is 4.08. The van der Waals surface area contributed by atoms with Crippen LogP contribution >= 0.6 is 0 Å². The molecule has 0 saturated heterocycles. The molecule has 0 fully saturated rings. The normalized spacial score (nSPS) is 13.0. The highest BCUT2D eigenvalue weighted by Gasteiger charge is 2.41. The Morgan fingerprint density at radius 2 is 1.55 bits per heavy atom. The fraction of sp³-hybridized carbons (Fsp3) is 0.0938. The van der Waals surface area contributed by atoms with Crippen LogP contribution in [0.15, 0.2) is 89.5 Å². The Kier molecular flexibility index (Phi) is 4.31. The summed E-state index contributed by atoms with van der Waals surface area (Å²) >= 11 is 0. The first kappa shape index (κ1) is 21.4. The van der Waals surface area contributed by atoms with Crippen LogP contribution in [0.1, 0.15) is 5.56 Å². The highest BCUT2D eigenvalue weighted by atomic mass is 16.5. The van der Waals surface area contributed by atoms with Gasteiger partial charge in [-0.3, -0.25) is 0 Å². The number of pyridine rings is 1. The van der Waals surface area contributed by atoms with Gasteiger partial charge in [0.05, 0.1) is 12.7 Å². The van der Waals surface area contributed by atoms with Crippen molar-refractivity contribution >= 4 is 45.0 Å². The Hall–Kier alpha value is -4.71. The molecule has 2 aromatic heterocycles. The zero-order valence-corrected chi connectivity index (χ0v) is 21.2. The summed E-state index contributed by atoms with van der Waals surface area (Å²) in [7, 11) is 3.76. The van der Waals surface area contributed by atoms with Gasteiger partial charge in [-0.2, -0.15) is 0 Å². The Balaban J connectivity index is 1.46. The van der Waals surface area contributed by atoms with Crippen molar-refractivity contribution in [2.24, 2.45) is 7.05 Å². The predicted octanol–water partition coefficient (Wildman–Crippen LogP) is 5.12. The van der Waals surface area contributed by atoms with E-state index < -0.39 is 0 Å². The highest BCUT2D eigenvalue weighted by molar-refractivity contribution is 6.98. The van der Waals surface area contributed by atoms with E-state index in [4.69, 9.17) is 18.6 Å². The smallest absolute Gasteiger partial charge is 0.260 e. The molecule has 6 heteroatoms. The first-order valence-electron chi connectivity index (χ1n) is 12.7. The van der Waals surface area contributed by atoms with Gasteiger partial charge in [-0.25, -0.2) is 4.57 Å². The van der Waals surface area contributed by atoms with Crippen molar-refractivity contribution in [1.82, 2.24) is 0 Å². The zero-order chi connectivity index (χ0) is 25.5. The molecule has 4 heterocycles. The molecule has 0 atom stereocenters. The molecule has 2 aliphatic heterocycles. The molecule has 0 bridgehead atoms. The third-order valence-electron chi connectivity index (χ3n) is 7.95. The lowest BCUT2D eigenvalue weighted by Gasteiger charge is -2.32. The van der Waals surface area contributed by atoms with Crippen LogP contribution in [0, 0.1) is 6.92 Å². The molecule has 0 spiro atoms. The average molecular weight is 496 g/mol. The number of furan rings is 1. The monoisotopic (exact) mass is 496 g/mol. The number of hydrogen-bond acceptors (Lipinski definition) is 4. The number of ether oxygens (including phenoxy) is 3. The minimum absolute atomic E-state index is 0.00446. The molecule has 38 heavy (non-hydrogen) atoms. The summed E-state index contributed by atoms with van der Waals surface area (Å²) in [6.07, 6.45) is 2.05. The molecule has 0 saturated carbocycles. The Labute approximate surface area is 219 Å². The van der Waals surface area contributed by atoms with Crippen molar-refractivity contribution in [2.75, 3.05) is 7.11 Å². The van der Waals surface area contributed by atoms with Gasteiger partial charge in [0, 0.05) is 33.9 Å². The van der Waals surface area contributed by atoms with E-state index in [2.05, 4.69) is 47.9 Å². The maximum atomic E-state index is 6.79. The zero-order valence-electron chi connectivity index (χ0n) is 21.2. The molecule has 6 aromatic rings. The van der Waals surface area contributed by atoms with E-state index >= 15 is 0 Å². The molecule has 2 aliphatic rings. The van der Waals surface area contributed by atoms with E-state index in [9.17, 15) is 0 Å². The second-order valence-corrected chi connectivity index (χ2v) is 9.96. The van der Waals surface area contributed by atoms with E-state index in [1.165, 1.54) is 0 Å². The van der Waals surface area contributed by atoms with Gasteiger partial charge in [0.2, 0.25) is 5.69 Å². The van der Waals surface area contributed by atoms with Crippen LogP contribution in [0.25, 0.3) is 33.2 Å². The molecule has 182 valence electrons. The lowest BCUT2D eigenvalue weighted by Crippen LogP contribution is -2.57. The minimum atomic E-state index is -0.00446. The summed E-state index contributed by atoms with van der Waals surface area (Å²) < 4.78 is 27.6.